The number of rotatable bonds is 6. The zero-order valence-corrected chi connectivity index (χ0v) is 11.1. The second kappa shape index (κ2) is 6.19. The van der Waals surface area contributed by atoms with E-state index in [1.807, 2.05) is 0 Å². The van der Waals surface area contributed by atoms with Crippen LogP contribution in [-0.2, 0) is 4.57 Å². The van der Waals surface area contributed by atoms with Crippen LogP contribution in [0.15, 0.2) is 11.9 Å². The van der Waals surface area contributed by atoms with E-state index in [4.69, 9.17) is 4.89 Å². The largest absolute Gasteiger partial charge is 0.460 e. The van der Waals surface area contributed by atoms with Gasteiger partial charge in [0.15, 0.2) is 5.83 Å². The third kappa shape index (κ3) is 3.78. The van der Waals surface area contributed by atoms with E-state index in [1.54, 1.807) is 0 Å². The van der Waals surface area contributed by atoms with Crippen LogP contribution in [0.1, 0.15) is 6.42 Å². The summed E-state index contributed by atoms with van der Waals surface area (Å²) in [6, 6.07) is 0. The van der Waals surface area contributed by atoms with Crippen molar-refractivity contribution in [1.29, 1.82) is 0 Å². The fraction of sp³-hybridized carbons (Fsp3) is 0.750. The van der Waals surface area contributed by atoms with E-state index in [9.17, 15) is 57.3 Å². The maximum absolute atomic E-state index is 13.1. The summed E-state index contributed by atoms with van der Waals surface area (Å²) in [6.07, 6.45) is -14.9. The lowest BCUT2D eigenvalue weighted by atomic mass is 10.1. The van der Waals surface area contributed by atoms with E-state index in [0.29, 0.717) is 0 Å². The first-order valence-corrected chi connectivity index (χ1v) is 6.89. The number of allylic oxidation sites excluding steroid dienone is 1. The molecule has 0 aliphatic heterocycles. The number of halogens is 12. The van der Waals surface area contributed by atoms with Gasteiger partial charge in [-0.1, -0.05) is 0 Å². The molecule has 23 heavy (non-hydrogen) atoms. The molecular formula is C8H5F12O2P. The lowest BCUT2D eigenvalue weighted by Gasteiger charge is -2.35. The standard InChI is InChI=1S/C8H5F12O2P/c9-3(4(10)11)1-2-23(21,22)8(19,20)6(14,15)5(12,13)7(16,17)18/h1-2H2,(H,21,22). The van der Waals surface area contributed by atoms with Crippen molar-refractivity contribution in [3.8, 4) is 0 Å². The Labute approximate surface area is 119 Å². The van der Waals surface area contributed by atoms with E-state index in [1.165, 1.54) is 0 Å². The molecule has 0 aliphatic carbocycles. The van der Waals surface area contributed by atoms with E-state index in [-0.39, 0.29) is 0 Å². The molecular weight excluding hydrogens is 387 g/mol. The highest BCUT2D eigenvalue weighted by Crippen LogP contribution is 2.68. The van der Waals surface area contributed by atoms with Crippen molar-refractivity contribution in [1.82, 2.24) is 0 Å². The van der Waals surface area contributed by atoms with Gasteiger partial charge in [-0.05, 0) is 0 Å². The number of hydrogen-bond donors (Lipinski definition) is 1. The van der Waals surface area contributed by atoms with Gasteiger partial charge in [-0.3, -0.25) is 4.57 Å². The summed E-state index contributed by atoms with van der Waals surface area (Å²) in [5.74, 6) is -17.4. The van der Waals surface area contributed by atoms with E-state index >= 15 is 0 Å². The minimum absolute atomic E-state index is 2.06. The molecule has 0 amide bonds. The first kappa shape index (κ1) is 22.1. The van der Waals surface area contributed by atoms with Crippen LogP contribution in [0.5, 0.6) is 0 Å². The van der Waals surface area contributed by atoms with Gasteiger partial charge in [-0.25, -0.2) is 4.39 Å². The third-order valence-corrected chi connectivity index (χ3v) is 4.39. The summed E-state index contributed by atoms with van der Waals surface area (Å²) < 4.78 is 159. The monoisotopic (exact) mass is 392 g/mol. The lowest BCUT2D eigenvalue weighted by Crippen LogP contribution is -2.60. The summed E-state index contributed by atoms with van der Waals surface area (Å²) in [4.78, 5) is 8.63. The van der Waals surface area contributed by atoms with Gasteiger partial charge < -0.3 is 4.89 Å². The number of hydrogen-bond acceptors (Lipinski definition) is 1. The minimum Gasteiger partial charge on any atom is -0.340 e. The van der Waals surface area contributed by atoms with Gasteiger partial charge in [0.2, 0.25) is 0 Å². The first-order chi connectivity index (χ1) is 9.83. The molecule has 1 N–H and O–H groups in total. The average molecular weight is 392 g/mol. The van der Waals surface area contributed by atoms with Crippen LogP contribution in [0, 0.1) is 0 Å². The van der Waals surface area contributed by atoms with E-state index in [2.05, 4.69) is 0 Å². The van der Waals surface area contributed by atoms with Crippen molar-refractivity contribution in [3.05, 3.63) is 11.9 Å². The van der Waals surface area contributed by atoms with Gasteiger partial charge >= 0.3 is 29.8 Å². The zero-order chi connectivity index (χ0) is 19.1. The molecule has 0 rings (SSSR count). The highest BCUT2D eigenvalue weighted by molar-refractivity contribution is 7.59. The molecule has 0 bridgehead atoms. The van der Waals surface area contributed by atoms with Crippen LogP contribution in [0.2, 0.25) is 0 Å². The molecule has 0 spiro atoms. The summed E-state index contributed by atoms with van der Waals surface area (Å²) >= 11 is 0. The van der Waals surface area contributed by atoms with Crippen molar-refractivity contribution in [2.24, 2.45) is 0 Å². The van der Waals surface area contributed by atoms with Crippen molar-refractivity contribution in [2.45, 2.75) is 30.1 Å². The molecule has 0 aromatic carbocycles. The van der Waals surface area contributed by atoms with Crippen molar-refractivity contribution in [3.63, 3.8) is 0 Å². The van der Waals surface area contributed by atoms with E-state index < -0.39 is 55.5 Å². The van der Waals surface area contributed by atoms with Crippen LogP contribution < -0.4 is 0 Å². The Kier molecular flexibility index (Phi) is 5.94. The molecule has 0 aromatic heterocycles. The molecule has 1 atom stereocenters. The summed E-state index contributed by atoms with van der Waals surface area (Å²) in [7, 11) is -6.95. The third-order valence-electron chi connectivity index (χ3n) is 2.41. The quantitative estimate of drug-likeness (QED) is 0.502. The molecule has 0 aromatic rings. The smallest absolute Gasteiger partial charge is 0.340 e. The van der Waals surface area contributed by atoms with Crippen molar-refractivity contribution < 1.29 is 62.1 Å². The van der Waals surface area contributed by atoms with Gasteiger partial charge in [0.05, 0.1) is 0 Å². The SMILES string of the molecule is O=P(O)(CCC(F)=C(F)F)C(F)(F)C(F)(F)C(F)(F)C(F)(F)F. The molecule has 2 nitrogen and oxygen atoms in total. The Hall–Kier alpha value is -0.910. The second-order valence-electron chi connectivity index (χ2n) is 4.03. The van der Waals surface area contributed by atoms with Crippen molar-refractivity contribution >= 4 is 7.37 Å². The van der Waals surface area contributed by atoms with Crippen molar-refractivity contribution in [2.75, 3.05) is 6.16 Å². The Morgan fingerprint density at radius 1 is 0.826 bits per heavy atom. The van der Waals surface area contributed by atoms with Crippen LogP contribution >= 0.6 is 7.37 Å². The Balaban J connectivity index is 5.77. The maximum Gasteiger partial charge on any atom is 0.460 e. The van der Waals surface area contributed by atoms with Gasteiger partial charge in [0.1, 0.15) is 0 Å². The highest BCUT2D eigenvalue weighted by atomic mass is 31.2. The predicted octanol–water partition coefficient (Wildman–Crippen LogP) is 5.15. The van der Waals surface area contributed by atoms with Crippen LogP contribution in [-0.4, -0.2) is 34.7 Å². The minimum atomic E-state index is -7.42. The topological polar surface area (TPSA) is 37.3 Å². The molecule has 0 heterocycles. The highest BCUT2D eigenvalue weighted by Gasteiger charge is 2.85. The lowest BCUT2D eigenvalue weighted by molar-refractivity contribution is -0.383. The molecule has 15 heteroatoms. The fourth-order valence-corrected chi connectivity index (χ4v) is 2.43. The number of alkyl halides is 9. The van der Waals surface area contributed by atoms with Gasteiger partial charge in [0.25, 0.3) is 7.37 Å². The Morgan fingerprint density at radius 3 is 1.52 bits per heavy atom. The predicted molar refractivity (Wildman–Crippen MR) is 50.6 cm³/mol. The van der Waals surface area contributed by atoms with Crippen LogP contribution in [0.4, 0.5) is 52.7 Å². The molecule has 0 fully saturated rings. The maximum atomic E-state index is 13.1. The normalized spacial score (nSPS) is 16.9. The summed E-state index contributed by atoms with van der Waals surface area (Å²) in [5.41, 5.74) is -6.87. The van der Waals surface area contributed by atoms with E-state index in [0.717, 1.165) is 0 Å². The fourth-order valence-electron chi connectivity index (χ4n) is 1.07. The Morgan fingerprint density at radius 2 is 1.22 bits per heavy atom. The first-order valence-electron chi connectivity index (χ1n) is 5.04. The molecule has 0 radical (unpaired) electrons. The summed E-state index contributed by atoms with van der Waals surface area (Å²) in [5, 5.41) is 0. The van der Waals surface area contributed by atoms with Gasteiger partial charge in [-0.15, -0.1) is 0 Å². The van der Waals surface area contributed by atoms with Gasteiger partial charge in [0, 0.05) is 12.6 Å². The van der Waals surface area contributed by atoms with Crippen LogP contribution in [0.25, 0.3) is 0 Å². The molecule has 0 saturated heterocycles. The van der Waals surface area contributed by atoms with Gasteiger partial charge in [-0.2, -0.15) is 48.3 Å². The molecule has 138 valence electrons. The average Bonchev–Trinajstić information content (AvgIpc) is 2.33. The van der Waals surface area contributed by atoms with Crippen LogP contribution in [0.3, 0.4) is 0 Å². The molecule has 0 aliphatic rings. The molecule has 1 unspecified atom stereocenters. The summed E-state index contributed by atoms with van der Waals surface area (Å²) in [6.45, 7) is 0. The molecule has 0 saturated carbocycles. The zero-order valence-electron chi connectivity index (χ0n) is 10.3. The Bertz CT molecular complexity index is 518. The second-order valence-corrected chi connectivity index (χ2v) is 6.44.